The monoisotopic (exact) mass is 260 g/mol. The van der Waals surface area contributed by atoms with E-state index in [1.165, 1.54) is 6.20 Å². The normalized spacial score (nSPS) is 26.4. The highest BCUT2D eigenvalue weighted by atomic mass is 79.9. The van der Waals surface area contributed by atoms with Crippen LogP contribution in [0.4, 0.5) is 0 Å². The van der Waals surface area contributed by atoms with E-state index in [-0.39, 0.29) is 22.5 Å². The third-order valence-corrected chi connectivity index (χ3v) is 2.88. The fraction of sp³-hybridized carbons (Fsp3) is 0.571. The van der Waals surface area contributed by atoms with E-state index in [0.717, 1.165) is 0 Å². The Morgan fingerprint density at radius 2 is 2.57 bits per heavy atom. The van der Waals surface area contributed by atoms with Crippen LogP contribution in [0.2, 0.25) is 0 Å². The van der Waals surface area contributed by atoms with Crippen molar-refractivity contribution in [2.75, 3.05) is 13.2 Å². The van der Waals surface area contributed by atoms with Gasteiger partial charge >= 0.3 is 0 Å². The number of carbonyl (C=O) groups excluding carboxylic acids is 1. The second kappa shape index (κ2) is 4.05. The van der Waals surface area contributed by atoms with E-state index in [0.29, 0.717) is 13.2 Å². The summed E-state index contributed by atoms with van der Waals surface area (Å²) < 4.78 is 5.18. The second-order valence-corrected chi connectivity index (χ2v) is 4.16. The highest BCUT2D eigenvalue weighted by Crippen LogP contribution is 2.14. The molecule has 1 aliphatic heterocycles. The number of aromatic amines is 1. The maximum absolute atomic E-state index is 11.5. The minimum absolute atomic E-state index is 0.000741. The van der Waals surface area contributed by atoms with Crippen LogP contribution in [0, 0.1) is 0 Å². The van der Waals surface area contributed by atoms with Crippen molar-refractivity contribution in [3.8, 4) is 0 Å². The first-order chi connectivity index (χ1) is 6.77. The zero-order valence-corrected chi connectivity index (χ0v) is 8.82. The van der Waals surface area contributed by atoms with Gasteiger partial charge in [0, 0.05) is 0 Å². The summed E-state index contributed by atoms with van der Waals surface area (Å²) in [7, 11) is 0. The van der Waals surface area contributed by atoms with E-state index in [9.17, 15) is 4.79 Å². The third-order valence-electron chi connectivity index (χ3n) is 1.98. The molecule has 2 rings (SSSR count). The van der Waals surface area contributed by atoms with E-state index >= 15 is 0 Å². The van der Waals surface area contributed by atoms with Crippen LogP contribution in [-0.2, 0) is 4.74 Å². The second-order valence-electron chi connectivity index (χ2n) is 2.99. The molecule has 2 unspecified atom stereocenters. The number of carbonyl (C=O) groups is 1. The lowest BCUT2D eigenvalue weighted by Gasteiger charge is -2.12. The van der Waals surface area contributed by atoms with Crippen LogP contribution in [0.1, 0.15) is 10.5 Å². The minimum Gasteiger partial charge on any atom is -0.378 e. The molecule has 76 valence electrons. The van der Waals surface area contributed by atoms with Crippen LogP contribution < -0.4 is 5.32 Å². The summed E-state index contributed by atoms with van der Waals surface area (Å²) in [5.41, 5.74) is 0.289. The molecule has 1 aliphatic rings. The molecule has 1 fully saturated rings. The lowest BCUT2D eigenvalue weighted by molar-refractivity contribution is 0.0925. The van der Waals surface area contributed by atoms with Gasteiger partial charge in [-0.05, 0) is 0 Å². The van der Waals surface area contributed by atoms with E-state index in [2.05, 4.69) is 36.7 Å². The Bertz CT molecular complexity index is 315. The largest absolute Gasteiger partial charge is 0.378 e. The van der Waals surface area contributed by atoms with Gasteiger partial charge in [-0.3, -0.25) is 4.79 Å². The molecule has 2 N–H and O–H groups in total. The summed E-state index contributed by atoms with van der Waals surface area (Å²) in [6, 6.07) is -0.000741. The predicted molar refractivity (Wildman–Crippen MR) is 51.2 cm³/mol. The molecule has 1 aromatic heterocycles. The molecule has 1 amide bonds. The number of amides is 1. The van der Waals surface area contributed by atoms with Crippen LogP contribution in [0.5, 0.6) is 0 Å². The zero-order valence-electron chi connectivity index (χ0n) is 7.24. The topological polar surface area (TPSA) is 79.9 Å². The molecule has 0 bridgehead atoms. The van der Waals surface area contributed by atoms with Gasteiger partial charge in [-0.1, -0.05) is 15.9 Å². The molecule has 7 heteroatoms. The molecule has 0 spiro atoms. The van der Waals surface area contributed by atoms with Crippen molar-refractivity contribution in [1.29, 1.82) is 0 Å². The average Bonchev–Trinajstić information content (AvgIpc) is 2.77. The minimum atomic E-state index is -0.237. The molecule has 6 nitrogen and oxygen atoms in total. The zero-order chi connectivity index (χ0) is 9.97. The van der Waals surface area contributed by atoms with Gasteiger partial charge in [-0.2, -0.15) is 15.4 Å². The standard InChI is InChI=1S/C7H9BrN4O2/c8-4-2-14-3-6(4)10-7(13)5-1-9-12-11-5/h1,4,6H,2-3H2,(H,10,13)(H,9,11,12). The summed E-state index contributed by atoms with van der Waals surface area (Å²) in [6.07, 6.45) is 1.38. The summed E-state index contributed by atoms with van der Waals surface area (Å²) in [5.74, 6) is -0.237. The van der Waals surface area contributed by atoms with Crippen LogP contribution in [-0.4, -0.2) is 45.4 Å². The number of nitrogens with zero attached hydrogens (tertiary/aromatic N) is 2. The number of rotatable bonds is 2. The van der Waals surface area contributed by atoms with Crippen molar-refractivity contribution in [3.63, 3.8) is 0 Å². The Labute approximate surface area is 88.5 Å². The van der Waals surface area contributed by atoms with Crippen molar-refractivity contribution in [2.24, 2.45) is 0 Å². The van der Waals surface area contributed by atoms with Crippen molar-refractivity contribution in [1.82, 2.24) is 20.7 Å². The number of ether oxygens (including phenoxy) is 1. The smallest absolute Gasteiger partial charge is 0.273 e. The number of halogens is 1. The van der Waals surface area contributed by atoms with Crippen molar-refractivity contribution >= 4 is 21.8 Å². The molecule has 2 atom stereocenters. The number of aromatic nitrogens is 3. The first kappa shape index (κ1) is 9.60. The van der Waals surface area contributed by atoms with Gasteiger partial charge in [-0.15, -0.1) is 0 Å². The van der Waals surface area contributed by atoms with E-state index < -0.39 is 0 Å². The number of alkyl halides is 1. The van der Waals surface area contributed by atoms with E-state index in [1.54, 1.807) is 0 Å². The summed E-state index contributed by atoms with van der Waals surface area (Å²) in [4.78, 5) is 11.7. The van der Waals surface area contributed by atoms with Crippen molar-refractivity contribution < 1.29 is 9.53 Å². The highest BCUT2D eigenvalue weighted by molar-refractivity contribution is 9.09. The molecule has 2 heterocycles. The fourth-order valence-electron chi connectivity index (χ4n) is 1.21. The molecule has 0 saturated carbocycles. The van der Waals surface area contributed by atoms with Crippen LogP contribution in [0.15, 0.2) is 6.20 Å². The van der Waals surface area contributed by atoms with Gasteiger partial charge in [0.2, 0.25) is 0 Å². The van der Waals surface area contributed by atoms with Crippen LogP contribution in [0.25, 0.3) is 0 Å². The fourth-order valence-corrected chi connectivity index (χ4v) is 1.69. The summed E-state index contributed by atoms with van der Waals surface area (Å²) >= 11 is 3.41. The van der Waals surface area contributed by atoms with Gasteiger partial charge in [0.15, 0.2) is 5.69 Å². The average molecular weight is 261 g/mol. The number of H-pyrrole nitrogens is 1. The van der Waals surface area contributed by atoms with Gasteiger partial charge < -0.3 is 10.1 Å². The number of nitrogens with one attached hydrogen (secondary N) is 2. The molecule has 0 aromatic carbocycles. The maximum atomic E-state index is 11.5. The van der Waals surface area contributed by atoms with E-state index in [4.69, 9.17) is 4.74 Å². The Kier molecular flexibility index (Phi) is 2.78. The van der Waals surface area contributed by atoms with Gasteiger partial charge in [0.1, 0.15) is 0 Å². The molecule has 14 heavy (non-hydrogen) atoms. The third kappa shape index (κ3) is 1.93. The molecule has 0 radical (unpaired) electrons. The number of hydrogen-bond acceptors (Lipinski definition) is 4. The lowest BCUT2D eigenvalue weighted by Crippen LogP contribution is -2.40. The van der Waals surface area contributed by atoms with Gasteiger partial charge in [-0.25, -0.2) is 0 Å². The van der Waals surface area contributed by atoms with Crippen molar-refractivity contribution in [3.05, 3.63) is 11.9 Å². The Morgan fingerprint density at radius 1 is 1.71 bits per heavy atom. The first-order valence-corrected chi connectivity index (χ1v) is 5.07. The summed E-state index contributed by atoms with van der Waals surface area (Å²) in [6.45, 7) is 1.14. The molecular weight excluding hydrogens is 252 g/mol. The van der Waals surface area contributed by atoms with Crippen LogP contribution >= 0.6 is 15.9 Å². The Morgan fingerprint density at radius 3 is 3.14 bits per heavy atom. The maximum Gasteiger partial charge on any atom is 0.273 e. The van der Waals surface area contributed by atoms with Crippen molar-refractivity contribution in [2.45, 2.75) is 10.9 Å². The Balaban J connectivity index is 1.95. The first-order valence-electron chi connectivity index (χ1n) is 4.16. The SMILES string of the molecule is O=C(NC1COCC1Br)c1cn[nH]n1. The molecule has 0 aliphatic carbocycles. The van der Waals surface area contributed by atoms with Gasteiger partial charge in [0.05, 0.1) is 30.3 Å². The van der Waals surface area contributed by atoms with Gasteiger partial charge in [0.25, 0.3) is 5.91 Å². The molecule has 1 aromatic rings. The van der Waals surface area contributed by atoms with E-state index in [1.807, 2.05) is 0 Å². The predicted octanol–water partition coefficient (Wildman–Crippen LogP) is -0.303. The van der Waals surface area contributed by atoms with Crippen LogP contribution in [0.3, 0.4) is 0 Å². The summed E-state index contributed by atoms with van der Waals surface area (Å²) in [5, 5.41) is 12.4. The quantitative estimate of drug-likeness (QED) is 0.716. The number of hydrogen-bond donors (Lipinski definition) is 2. The molecule has 1 saturated heterocycles. The Hall–Kier alpha value is -0.950. The highest BCUT2D eigenvalue weighted by Gasteiger charge is 2.27. The molecular formula is C7H9BrN4O2. The lowest BCUT2D eigenvalue weighted by atomic mass is 10.2.